The summed E-state index contributed by atoms with van der Waals surface area (Å²) < 4.78 is 1.67. The molecule has 4 aromatic rings. The molecule has 0 fully saturated rings. The zero-order valence-corrected chi connectivity index (χ0v) is 17.9. The van der Waals surface area contributed by atoms with Crippen molar-refractivity contribution in [1.82, 2.24) is 20.1 Å². The van der Waals surface area contributed by atoms with E-state index in [1.807, 2.05) is 60.7 Å². The van der Waals surface area contributed by atoms with Crippen LogP contribution in [0.2, 0.25) is 0 Å². The molecule has 0 atom stereocenters. The summed E-state index contributed by atoms with van der Waals surface area (Å²) in [6, 6.07) is 23.2. The standard InChI is InChI=1S/C23H19N5O3S/c1-27-15-24-26-23(27)32-20-13-12-18(14-19(20)28(30)31)22(29)25-21(16-8-4-2-5-9-16)17-10-6-3-7-11-17/h2-15,21H,1H3,(H,25,29). The smallest absolute Gasteiger partial charge is 0.284 e. The second kappa shape index (κ2) is 9.44. The molecular formula is C23H19N5O3S. The quantitative estimate of drug-likeness (QED) is 0.334. The first-order valence-electron chi connectivity index (χ1n) is 9.74. The van der Waals surface area contributed by atoms with Crippen LogP contribution in [0.4, 0.5) is 5.69 Å². The Morgan fingerprint density at radius 2 is 1.66 bits per heavy atom. The van der Waals surface area contributed by atoms with Gasteiger partial charge in [-0.05, 0) is 35.0 Å². The van der Waals surface area contributed by atoms with E-state index < -0.39 is 16.9 Å². The fraction of sp³-hybridized carbons (Fsp3) is 0.0870. The van der Waals surface area contributed by atoms with Crippen LogP contribution in [0.1, 0.15) is 27.5 Å². The maximum Gasteiger partial charge on any atom is 0.284 e. The summed E-state index contributed by atoms with van der Waals surface area (Å²) in [4.78, 5) is 24.7. The maximum atomic E-state index is 13.1. The van der Waals surface area contributed by atoms with Crippen molar-refractivity contribution in [2.45, 2.75) is 16.1 Å². The van der Waals surface area contributed by atoms with E-state index >= 15 is 0 Å². The molecule has 0 unspecified atom stereocenters. The molecule has 8 nitrogen and oxygen atoms in total. The Kier molecular flexibility index (Phi) is 6.27. The molecule has 32 heavy (non-hydrogen) atoms. The minimum atomic E-state index is -0.499. The summed E-state index contributed by atoms with van der Waals surface area (Å²) in [6.07, 6.45) is 1.52. The van der Waals surface area contributed by atoms with Crippen LogP contribution in [0.25, 0.3) is 0 Å². The molecule has 0 aliphatic carbocycles. The molecule has 1 amide bonds. The molecule has 0 aliphatic rings. The van der Waals surface area contributed by atoms with Crippen molar-refractivity contribution < 1.29 is 9.72 Å². The Labute approximate surface area is 188 Å². The lowest BCUT2D eigenvalue weighted by atomic mass is 9.98. The topological polar surface area (TPSA) is 103 Å². The minimum absolute atomic E-state index is 0.165. The number of carbonyl (C=O) groups is 1. The molecule has 160 valence electrons. The Balaban J connectivity index is 1.63. The van der Waals surface area contributed by atoms with Gasteiger partial charge in [0.2, 0.25) is 0 Å². The van der Waals surface area contributed by atoms with E-state index in [2.05, 4.69) is 15.5 Å². The van der Waals surface area contributed by atoms with Crippen LogP contribution in [0.15, 0.2) is 95.2 Å². The number of hydrogen-bond donors (Lipinski definition) is 1. The number of nitro benzene ring substituents is 1. The number of nitrogens with zero attached hydrogens (tertiary/aromatic N) is 4. The third-order valence-electron chi connectivity index (χ3n) is 4.83. The lowest BCUT2D eigenvalue weighted by molar-refractivity contribution is -0.387. The number of aryl methyl sites for hydroxylation is 1. The Bertz CT molecular complexity index is 1210. The van der Waals surface area contributed by atoms with Crippen molar-refractivity contribution in [1.29, 1.82) is 0 Å². The van der Waals surface area contributed by atoms with Gasteiger partial charge >= 0.3 is 0 Å². The molecule has 1 aromatic heterocycles. The molecule has 0 spiro atoms. The van der Waals surface area contributed by atoms with Gasteiger partial charge in [0.1, 0.15) is 6.33 Å². The van der Waals surface area contributed by atoms with Crippen molar-refractivity contribution in [2.24, 2.45) is 7.05 Å². The molecule has 0 saturated carbocycles. The Morgan fingerprint density at radius 3 is 2.19 bits per heavy atom. The van der Waals surface area contributed by atoms with Crippen LogP contribution in [0, 0.1) is 10.1 Å². The third kappa shape index (κ3) is 4.68. The summed E-state index contributed by atoms with van der Waals surface area (Å²) in [5.41, 5.74) is 1.87. The predicted molar refractivity (Wildman–Crippen MR) is 120 cm³/mol. The normalized spacial score (nSPS) is 10.8. The van der Waals surface area contributed by atoms with E-state index in [1.165, 1.54) is 12.4 Å². The SMILES string of the molecule is Cn1cnnc1Sc1ccc(C(=O)NC(c2ccccc2)c2ccccc2)cc1[N+](=O)[O-]. The fourth-order valence-corrected chi connectivity index (χ4v) is 4.07. The molecule has 9 heteroatoms. The molecule has 4 rings (SSSR count). The van der Waals surface area contributed by atoms with Gasteiger partial charge in [-0.1, -0.05) is 60.7 Å². The lowest BCUT2D eigenvalue weighted by Crippen LogP contribution is -2.29. The molecular weight excluding hydrogens is 426 g/mol. The third-order valence-corrected chi connectivity index (χ3v) is 5.95. The number of benzene rings is 3. The second-order valence-electron chi connectivity index (χ2n) is 6.99. The van der Waals surface area contributed by atoms with Crippen molar-refractivity contribution in [3.8, 4) is 0 Å². The average Bonchev–Trinajstić information content (AvgIpc) is 3.22. The number of amides is 1. The van der Waals surface area contributed by atoms with Gasteiger partial charge in [0.05, 0.1) is 15.9 Å². The number of hydrogen-bond acceptors (Lipinski definition) is 6. The molecule has 0 aliphatic heterocycles. The lowest BCUT2D eigenvalue weighted by Gasteiger charge is -2.20. The molecule has 3 aromatic carbocycles. The highest BCUT2D eigenvalue weighted by atomic mass is 32.2. The van der Waals surface area contributed by atoms with Gasteiger partial charge in [0.25, 0.3) is 11.6 Å². The summed E-state index contributed by atoms with van der Waals surface area (Å²) in [6.45, 7) is 0. The van der Waals surface area contributed by atoms with Gasteiger partial charge in [-0.3, -0.25) is 14.9 Å². The van der Waals surface area contributed by atoms with E-state index in [-0.39, 0.29) is 11.3 Å². The number of rotatable bonds is 7. The minimum Gasteiger partial charge on any atom is -0.341 e. The molecule has 0 radical (unpaired) electrons. The van der Waals surface area contributed by atoms with Gasteiger partial charge in [-0.25, -0.2) is 0 Å². The first-order valence-corrected chi connectivity index (χ1v) is 10.6. The van der Waals surface area contributed by atoms with Gasteiger partial charge in [-0.15, -0.1) is 10.2 Å². The highest BCUT2D eigenvalue weighted by Crippen LogP contribution is 2.34. The summed E-state index contributed by atoms with van der Waals surface area (Å²) >= 11 is 1.12. The maximum absolute atomic E-state index is 13.1. The van der Waals surface area contributed by atoms with E-state index in [4.69, 9.17) is 0 Å². The molecule has 0 bridgehead atoms. The number of aromatic nitrogens is 3. The monoisotopic (exact) mass is 445 g/mol. The van der Waals surface area contributed by atoms with Crippen LogP contribution in [0.3, 0.4) is 0 Å². The van der Waals surface area contributed by atoms with Crippen LogP contribution in [0.5, 0.6) is 0 Å². The largest absolute Gasteiger partial charge is 0.341 e. The van der Waals surface area contributed by atoms with E-state index in [1.54, 1.807) is 23.7 Å². The molecule has 1 N–H and O–H groups in total. The highest BCUT2D eigenvalue weighted by Gasteiger charge is 2.22. The van der Waals surface area contributed by atoms with Crippen molar-refractivity contribution in [3.05, 3.63) is 112 Å². The van der Waals surface area contributed by atoms with E-state index in [0.29, 0.717) is 10.1 Å². The summed E-state index contributed by atoms with van der Waals surface area (Å²) in [5, 5.41) is 23.0. The summed E-state index contributed by atoms with van der Waals surface area (Å²) in [5.74, 6) is -0.402. The van der Waals surface area contributed by atoms with Gasteiger partial charge in [0, 0.05) is 18.7 Å². The van der Waals surface area contributed by atoms with Gasteiger partial charge in [-0.2, -0.15) is 0 Å². The van der Waals surface area contributed by atoms with E-state index in [9.17, 15) is 14.9 Å². The van der Waals surface area contributed by atoms with Gasteiger partial charge in [0.15, 0.2) is 5.16 Å². The van der Waals surface area contributed by atoms with Gasteiger partial charge < -0.3 is 9.88 Å². The molecule has 1 heterocycles. The number of carbonyl (C=O) groups excluding carboxylic acids is 1. The summed E-state index contributed by atoms with van der Waals surface area (Å²) in [7, 11) is 1.75. The van der Waals surface area contributed by atoms with Crippen molar-refractivity contribution >= 4 is 23.4 Å². The van der Waals surface area contributed by atoms with Crippen molar-refractivity contribution in [2.75, 3.05) is 0 Å². The fourth-order valence-electron chi connectivity index (χ4n) is 3.22. The Hall–Kier alpha value is -3.98. The first kappa shape index (κ1) is 21.3. The zero-order valence-electron chi connectivity index (χ0n) is 17.1. The Morgan fingerprint density at radius 1 is 1.03 bits per heavy atom. The highest BCUT2D eigenvalue weighted by molar-refractivity contribution is 7.99. The average molecular weight is 446 g/mol. The predicted octanol–water partition coefficient (Wildman–Crippen LogP) is 4.39. The van der Waals surface area contributed by atoms with E-state index in [0.717, 1.165) is 22.9 Å². The van der Waals surface area contributed by atoms with Crippen molar-refractivity contribution in [3.63, 3.8) is 0 Å². The second-order valence-corrected chi connectivity index (χ2v) is 8.00. The number of nitrogens with one attached hydrogen (secondary N) is 1. The van der Waals surface area contributed by atoms with Crippen LogP contribution >= 0.6 is 11.8 Å². The van der Waals surface area contributed by atoms with Crippen LogP contribution < -0.4 is 5.32 Å². The number of nitro groups is 1. The van der Waals surface area contributed by atoms with Crippen LogP contribution in [-0.2, 0) is 7.05 Å². The molecule has 0 saturated heterocycles. The first-order chi connectivity index (χ1) is 15.5. The van der Waals surface area contributed by atoms with Crippen LogP contribution in [-0.4, -0.2) is 25.6 Å². The zero-order chi connectivity index (χ0) is 22.5.